The van der Waals surface area contributed by atoms with Crippen molar-refractivity contribution in [3.05, 3.63) is 72.8 Å². The molecule has 0 aliphatic rings. The quantitative estimate of drug-likeness (QED) is 0.437. The number of anilines is 2. The van der Waals surface area contributed by atoms with Gasteiger partial charge in [-0.25, -0.2) is 4.98 Å². The number of para-hydroxylation sites is 4. The molecule has 0 fully saturated rings. The molecule has 134 valence electrons. The first-order valence-electron chi connectivity index (χ1n) is 8.49. The number of nitrogens with zero attached hydrogens (tertiary/aromatic N) is 1. The molecule has 0 atom stereocenters. The zero-order valence-corrected chi connectivity index (χ0v) is 15.5. The zero-order valence-electron chi connectivity index (χ0n) is 14.7. The number of nitrogens with one attached hydrogen (secondary N) is 3. The summed E-state index contributed by atoms with van der Waals surface area (Å²) in [5, 5.41) is 6.83. The van der Waals surface area contributed by atoms with Crippen LogP contribution in [0.5, 0.6) is 5.75 Å². The lowest BCUT2D eigenvalue weighted by Crippen LogP contribution is -2.19. The number of ether oxygens (including phenoxy) is 1. The third-order valence-electron chi connectivity index (χ3n) is 4.16. The third kappa shape index (κ3) is 3.75. The number of rotatable bonds is 4. The molecule has 0 aliphatic carbocycles. The molecule has 5 nitrogen and oxygen atoms in total. The average molecular weight is 374 g/mol. The van der Waals surface area contributed by atoms with Gasteiger partial charge in [0.15, 0.2) is 5.11 Å². The number of fused-ring (bicyclic) bond motifs is 1. The molecule has 1 heterocycles. The number of benzene rings is 3. The highest BCUT2D eigenvalue weighted by Gasteiger charge is 2.07. The molecule has 1 aromatic heterocycles. The number of aromatic nitrogens is 2. The molecule has 4 rings (SSSR count). The van der Waals surface area contributed by atoms with Gasteiger partial charge in [0.1, 0.15) is 11.6 Å². The van der Waals surface area contributed by atoms with Crippen molar-refractivity contribution in [2.24, 2.45) is 0 Å². The van der Waals surface area contributed by atoms with Crippen molar-refractivity contribution in [3.63, 3.8) is 0 Å². The lowest BCUT2D eigenvalue weighted by Gasteiger charge is -2.13. The van der Waals surface area contributed by atoms with E-state index in [0.717, 1.165) is 39.5 Å². The van der Waals surface area contributed by atoms with Gasteiger partial charge in [0.2, 0.25) is 0 Å². The Morgan fingerprint density at radius 1 is 0.926 bits per heavy atom. The molecular formula is C21H18N4OS. The van der Waals surface area contributed by atoms with E-state index in [9.17, 15) is 0 Å². The Labute approximate surface area is 162 Å². The Bertz CT molecular complexity index is 1060. The molecule has 0 radical (unpaired) electrons. The van der Waals surface area contributed by atoms with Crippen molar-refractivity contribution in [2.45, 2.75) is 0 Å². The van der Waals surface area contributed by atoms with E-state index in [1.54, 1.807) is 7.11 Å². The maximum absolute atomic E-state index is 5.40. The Hall–Kier alpha value is -3.38. The van der Waals surface area contributed by atoms with E-state index in [1.807, 2.05) is 72.8 Å². The van der Waals surface area contributed by atoms with E-state index < -0.39 is 0 Å². The molecular weight excluding hydrogens is 356 g/mol. The van der Waals surface area contributed by atoms with Gasteiger partial charge in [0.05, 0.1) is 23.8 Å². The second-order valence-electron chi connectivity index (χ2n) is 5.96. The first-order valence-corrected chi connectivity index (χ1v) is 8.90. The molecule has 3 N–H and O–H groups in total. The lowest BCUT2D eigenvalue weighted by molar-refractivity contribution is 0.417. The maximum atomic E-state index is 5.40. The van der Waals surface area contributed by atoms with Crippen LogP contribution in [0.15, 0.2) is 72.8 Å². The number of methoxy groups -OCH3 is 1. The summed E-state index contributed by atoms with van der Waals surface area (Å²) >= 11 is 5.40. The first-order chi connectivity index (χ1) is 13.2. The molecule has 6 heteroatoms. The summed E-state index contributed by atoms with van der Waals surface area (Å²) < 4.78 is 5.33. The van der Waals surface area contributed by atoms with Crippen LogP contribution in [-0.4, -0.2) is 22.2 Å². The number of hydrogen-bond acceptors (Lipinski definition) is 3. The van der Waals surface area contributed by atoms with E-state index in [1.165, 1.54) is 0 Å². The number of H-pyrrole nitrogens is 1. The molecule has 0 unspecified atom stereocenters. The standard InChI is InChI=1S/C21H18N4OS/c1-26-19-9-5-4-8-18(19)25-21(27)22-15-12-10-14(11-13-15)20-23-16-6-2-3-7-17(16)24-20/h2-13H,1H3,(H,23,24)(H2,22,25,27). The van der Waals surface area contributed by atoms with Gasteiger partial charge in [-0.2, -0.15) is 0 Å². The minimum atomic E-state index is 0.496. The zero-order chi connectivity index (χ0) is 18.6. The number of thiocarbonyl (C=S) groups is 1. The van der Waals surface area contributed by atoms with Crippen molar-refractivity contribution in [1.82, 2.24) is 9.97 Å². The SMILES string of the molecule is COc1ccccc1NC(=S)Nc1ccc(-c2nc3ccccc3[nH]2)cc1. The van der Waals surface area contributed by atoms with Crippen molar-refractivity contribution in [1.29, 1.82) is 0 Å². The summed E-state index contributed by atoms with van der Waals surface area (Å²) in [6.07, 6.45) is 0. The largest absolute Gasteiger partial charge is 0.495 e. The Morgan fingerprint density at radius 2 is 1.67 bits per heavy atom. The van der Waals surface area contributed by atoms with Crippen LogP contribution in [-0.2, 0) is 0 Å². The highest BCUT2D eigenvalue weighted by Crippen LogP contribution is 2.24. The molecule has 0 aliphatic heterocycles. The smallest absolute Gasteiger partial charge is 0.175 e. The summed E-state index contributed by atoms with van der Waals surface area (Å²) in [4.78, 5) is 7.95. The van der Waals surface area contributed by atoms with Crippen molar-refractivity contribution in [3.8, 4) is 17.1 Å². The number of hydrogen-bond donors (Lipinski definition) is 3. The third-order valence-corrected chi connectivity index (χ3v) is 4.36. The fraction of sp³-hybridized carbons (Fsp3) is 0.0476. The van der Waals surface area contributed by atoms with Gasteiger partial charge in [-0.05, 0) is 60.7 Å². The first kappa shape index (κ1) is 17.1. The lowest BCUT2D eigenvalue weighted by atomic mass is 10.2. The van der Waals surface area contributed by atoms with Gasteiger partial charge < -0.3 is 20.4 Å². The van der Waals surface area contributed by atoms with Crippen LogP contribution in [0.4, 0.5) is 11.4 Å². The molecule has 3 aromatic carbocycles. The summed E-state index contributed by atoms with van der Waals surface area (Å²) in [6.45, 7) is 0. The molecule has 0 saturated carbocycles. The number of imidazole rings is 1. The normalized spacial score (nSPS) is 10.6. The van der Waals surface area contributed by atoms with Crippen LogP contribution in [0.25, 0.3) is 22.4 Å². The van der Waals surface area contributed by atoms with Gasteiger partial charge in [-0.15, -0.1) is 0 Å². The summed E-state index contributed by atoms with van der Waals surface area (Å²) in [7, 11) is 1.63. The van der Waals surface area contributed by atoms with E-state index >= 15 is 0 Å². The predicted octanol–water partition coefficient (Wildman–Crippen LogP) is 5.05. The Kier molecular flexibility index (Phi) is 4.72. The Morgan fingerprint density at radius 3 is 2.44 bits per heavy atom. The molecule has 0 bridgehead atoms. The maximum Gasteiger partial charge on any atom is 0.175 e. The average Bonchev–Trinajstić information content (AvgIpc) is 3.13. The van der Waals surface area contributed by atoms with Gasteiger partial charge >= 0.3 is 0 Å². The Balaban J connectivity index is 1.46. The second kappa shape index (κ2) is 7.47. The van der Waals surface area contributed by atoms with Crippen LogP contribution in [0.3, 0.4) is 0 Å². The fourth-order valence-corrected chi connectivity index (χ4v) is 3.06. The minimum Gasteiger partial charge on any atom is -0.495 e. The summed E-state index contributed by atoms with van der Waals surface area (Å²) in [5.41, 5.74) is 4.70. The van der Waals surface area contributed by atoms with E-state index in [4.69, 9.17) is 17.0 Å². The molecule has 27 heavy (non-hydrogen) atoms. The van der Waals surface area contributed by atoms with Gasteiger partial charge in [-0.3, -0.25) is 0 Å². The van der Waals surface area contributed by atoms with E-state index in [-0.39, 0.29) is 0 Å². The van der Waals surface area contributed by atoms with Crippen LogP contribution in [0.1, 0.15) is 0 Å². The number of aromatic amines is 1. The fourth-order valence-electron chi connectivity index (χ4n) is 2.83. The van der Waals surface area contributed by atoms with Crippen LogP contribution < -0.4 is 15.4 Å². The summed E-state index contributed by atoms with van der Waals surface area (Å²) in [6, 6.07) is 23.6. The van der Waals surface area contributed by atoms with Crippen molar-refractivity contribution in [2.75, 3.05) is 17.7 Å². The molecule has 0 spiro atoms. The predicted molar refractivity (Wildman–Crippen MR) is 114 cm³/mol. The van der Waals surface area contributed by atoms with Crippen molar-refractivity contribution < 1.29 is 4.74 Å². The van der Waals surface area contributed by atoms with Crippen molar-refractivity contribution >= 4 is 39.7 Å². The van der Waals surface area contributed by atoms with E-state index in [2.05, 4.69) is 20.6 Å². The van der Waals surface area contributed by atoms with Crippen LogP contribution in [0.2, 0.25) is 0 Å². The molecule has 0 amide bonds. The van der Waals surface area contributed by atoms with Crippen LogP contribution >= 0.6 is 12.2 Å². The minimum absolute atomic E-state index is 0.496. The molecule has 4 aromatic rings. The van der Waals surface area contributed by atoms with Gasteiger partial charge in [0, 0.05) is 11.3 Å². The topological polar surface area (TPSA) is 62.0 Å². The van der Waals surface area contributed by atoms with E-state index in [0.29, 0.717) is 5.11 Å². The van der Waals surface area contributed by atoms with Gasteiger partial charge in [-0.1, -0.05) is 24.3 Å². The van der Waals surface area contributed by atoms with Crippen LogP contribution in [0, 0.1) is 0 Å². The van der Waals surface area contributed by atoms with Gasteiger partial charge in [0.25, 0.3) is 0 Å². The monoisotopic (exact) mass is 374 g/mol. The highest BCUT2D eigenvalue weighted by atomic mass is 32.1. The highest BCUT2D eigenvalue weighted by molar-refractivity contribution is 7.80. The summed E-state index contributed by atoms with van der Waals surface area (Å²) in [5.74, 6) is 1.58. The second-order valence-corrected chi connectivity index (χ2v) is 6.37. The molecule has 0 saturated heterocycles.